The van der Waals surface area contributed by atoms with Gasteiger partial charge < -0.3 is 4.74 Å². The highest BCUT2D eigenvalue weighted by Crippen LogP contribution is 2.31. The van der Waals surface area contributed by atoms with Gasteiger partial charge in [0.1, 0.15) is 0 Å². The lowest BCUT2D eigenvalue weighted by Gasteiger charge is -2.18. The highest BCUT2D eigenvalue weighted by molar-refractivity contribution is 7.90. The maximum atomic E-state index is 12.4. The summed E-state index contributed by atoms with van der Waals surface area (Å²) < 4.78 is 32.0. The van der Waals surface area contributed by atoms with Crippen molar-refractivity contribution in [2.24, 2.45) is 5.92 Å². The first-order valence-electron chi connectivity index (χ1n) is 6.93. The number of nitrogens with zero attached hydrogens (tertiary/aromatic N) is 1. The molecule has 1 saturated carbocycles. The van der Waals surface area contributed by atoms with Crippen molar-refractivity contribution in [1.29, 1.82) is 0 Å². The summed E-state index contributed by atoms with van der Waals surface area (Å²) in [5.41, 5.74) is 1.49. The van der Waals surface area contributed by atoms with Crippen LogP contribution < -0.4 is 4.72 Å². The maximum absolute atomic E-state index is 12.4. The van der Waals surface area contributed by atoms with E-state index in [0.717, 1.165) is 5.69 Å². The molecule has 0 radical (unpaired) electrons. The molecule has 0 saturated heterocycles. The van der Waals surface area contributed by atoms with E-state index in [-0.39, 0.29) is 6.54 Å². The van der Waals surface area contributed by atoms with E-state index in [4.69, 9.17) is 4.74 Å². The predicted octanol–water partition coefficient (Wildman–Crippen LogP) is 1.15. The first-order valence-corrected chi connectivity index (χ1v) is 8.47. The Kier molecular flexibility index (Phi) is 4.95. The average molecular weight is 312 g/mol. The van der Waals surface area contributed by atoms with Gasteiger partial charge in [0.05, 0.1) is 30.5 Å². The van der Waals surface area contributed by atoms with E-state index >= 15 is 0 Å². The zero-order valence-electron chi connectivity index (χ0n) is 12.2. The number of nitrogens with one attached hydrogen (secondary N) is 1. The molecule has 2 atom stereocenters. The number of hydrogen-bond acceptors (Lipinski definition) is 5. The smallest absolute Gasteiger partial charge is 0.310 e. The van der Waals surface area contributed by atoms with Crippen LogP contribution in [0.15, 0.2) is 18.2 Å². The van der Waals surface area contributed by atoms with Gasteiger partial charge >= 0.3 is 5.97 Å². The van der Waals surface area contributed by atoms with Gasteiger partial charge in [-0.2, -0.15) is 0 Å². The molecular formula is C14H20N2O4S. The second-order valence-corrected chi connectivity index (χ2v) is 7.22. The van der Waals surface area contributed by atoms with Crippen LogP contribution in [0.5, 0.6) is 0 Å². The summed E-state index contributed by atoms with van der Waals surface area (Å²) >= 11 is 0. The van der Waals surface area contributed by atoms with Gasteiger partial charge in [-0.3, -0.25) is 9.78 Å². The van der Waals surface area contributed by atoms with Crippen molar-refractivity contribution in [3.8, 4) is 0 Å². The summed E-state index contributed by atoms with van der Waals surface area (Å²) in [7, 11) is -2.28. The van der Waals surface area contributed by atoms with Crippen molar-refractivity contribution < 1.29 is 17.9 Å². The van der Waals surface area contributed by atoms with Crippen LogP contribution >= 0.6 is 0 Å². The molecule has 1 aromatic rings. The molecule has 116 valence electrons. The monoisotopic (exact) mass is 312 g/mol. The molecule has 0 amide bonds. The Morgan fingerprint density at radius 2 is 2.19 bits per heavy atom. The standard InChI is InChI=1S/C14H20N2O4S/c1-10-5-3-6-11(16-10)9-15-21(18,19)13-8-4-7-12(13)14(17)20-2/h3,5-6,12-13,15H,4,7-9H2,1-2H3. The van der Waals surface area contributed by atoms with E-state index in [0.29, 0.717) is 25.0 Å². The van der Waals surface area contributed by atoms with Crippen molar-refractivity contribution in [3.05, 3.63) is 29.6 Å². The number of hydrogen-bond donors (Lipinski definition) is 1. The fourth-order valence-electron chi connectivity index (χ4n) is 2.70. The zero-order valence-corrected chi connectivity index (χ0v) is 13.0. The van der Waals surface area contributed by atoms with E-state index in [1.165, 1.54) is 7.11 Å². The number of aromatic nitrogens is 1. The second-order valence-electron chi connectivity index (χ2n) is 5.24. The van der Waals surface area contributed by atoms with E-state index in [1.807, 2.05) is 19.1 Å². The molecule has 1 aliphatic carbocycles. The zero-order chi connectivity index (χ0) is 15.5. The molecule has 1 aromatic heterocycles. The number of esters is 1. The van der Waals surface area contributed by atoms with E-state index in [2.05, 4.69) is 9.71 Å². The van der Waals surface area contributed by atoms with Gasteiger partial charge in [-0.25, -0.2) is 13.1 Å². The molecule has 0 aromatic carbocycles. The summed E-state index contributed by atoms with van der Waals surface area (Å²) in [6, 6.07) is 5.45. The van der Waals surface area contributed by atoms with Gasteiger partial charge in [0, 0.05) is 5.69 Å². The molecule has 1 fully saturated rings. The Balaban J connectivity index is 2.06. The largest absolute Gasteiger partial charge is 0.469 e. The number of sulfonamides is 1. The molecule has 21 heavy (non-hydrogen) atoms. The number of ether oxygens (including phenoxy) is 1. The molecular weight excluding hydrogens is 292 g/mol. The van der Waals surface area contributed by atoms with Gasteiger partial charge in [0.25, 0.3) is 0 Å². The first-order chi connectivity index (χ1) is 9.94. The minimum atomic E-state index is -3.57. The quantitative estimate of drug-likeness (QED) is 0.824. The lowest BCUT2D eigenvalue weighted by atomic mass is 10.1. The minimum Gasteiger partial charge on any atom is -0.469 e. The molecule has 2 rings (SSSR count). The van der Waals surface area contributed by atoms with Gasteiger partial charge in [-0.1, -0.05) is 12.5 Å². The molecule has 6 nitrogen and oxygen atoms in total. The number of rotatable bonds is 5. The van der Waals surface area contributed by atoms with E-state index < -0.39 is 27.2 Å². The lowest BCUT2D eigenvalue weighted by Crippen LogP contribution is -2.39. The van der Waals surface area contributed by atoms with Crippen LogP contribution in [-0.4, -0.2) is 31.7 Å². The predicted molar refractivity (Wildman–Crippen MR) is 77.9 cm³/mol. The van der Waals surface area contributed by atoms with Gasteiger partial charge in [0.2, 0.25) is 10.0 Å². The Morgan fingerprint density at radius 1 is 1.43 bits per heavy atom. The van der Waals surface area contributed by atoms with Crippen LogP contribution in [-0.2, 0) is 26.1 Å². The van der Waals surface area contributed by atoms with Crippen molar-refractivity contribution in [2.75, 3.05) is 7.11 Å². The average Bonchev–Trinajstić information content (AvgIpc) is 2.95. The SMILES string of the molecule is COC(=O)C1CCCC1S(=O)(=O)NCc1cccc(C)n1. The molecule has 1 aliphatic rings. The normalized spacial score (nSPS) is 22.2. The van der Waals surface area contributed by atoms with Gasteiger partial charge in [0.15, 0.2) is 0 Å². The first kappa shape index (κ1) is 15.9. The summed E-state index contributed by atoms with van der Waals surface area (Å²) in [6.07, 6.45) is 1.76. The molecule has 0 bridgehead atoms. The number of aryl methyl sites for hydroxylation is 1. The van der Waals surface area contributed by atoms with Crippen LogP contribution in [0, 0.1) is 12.8 Å². The van der Waals surface area contributed by atoms with Crippen LogP contribution in [0.2, 0.25) is 0 Å². The van der Waals surface area contributed by atoms with E-state index in [1.54, 1.807) is 6.07 Å². The molecule has 7 heteroatoms. The van der Waals surface area contributed by atoms with Gasteiger partial charge in [-0.05, 0) is 31.9 Å². The van der Waals surface area contributed by atoms with Crippen LogP contribution in [0.4, 0.5) is 0 Å². The Bertz CT molecular complexity index is 615. The third kappa shape index (κ3) is 3.79. The summed E-state index contributed by atoms with van der Waals surface area (Å²) in [5.74, 6) is -1.02. The minimum absolute atomic E-state index is 0.133. The summed E-state index contributed by atoms with van der Waals surface area (Å²) in [5, 5.41) is -0.713. The highest BCUT2D eigenvalue weighted by Gasteiger charge is 2.42. The maximum Gasteiger partial charge on any atom is 0.310 e. The fourth-order valence-corrected chi connectivity index (χ4v) is 4.42. The molecule has 2 unspecified atom stereocenters. The molecule has 0 aliphatic heterocycles. The third-order valence-corrected chi connectivity index (χ3v) is 5.66. The van der Waals surface area contributed by atoms with Crippen LogP contribution in [0.25, 0.3) is 0 Å². The van der Waals surface area contributed by atoms with Crippen LogP contribution in [0.1, 0.15) is 30.7 Å². The fraction of sp³-hybridized carbons (Fsp3) is 0.571. The topological polar surface area (TPSA) is 85.4 Å². The van der Waals surface area contributed by atoms with Crippen molar-refractivity contribution in [3.63, 3.8) is 0 Å². The highest BCUT2D eigenvalue weighted by atomic mass is 32.2. The molecule has 1 N–H and O–H groups in total. The number of carbonyl (C=O) groups excluding carboxylic acids is 1. The summed E-state index contributed by atoms with van der Waals surface area (Å²) in [6.45, 7) is 1.98. The second kappa shape index (κ2) is 6.53. The van der Waals surface area contributed by atoms with Crippen molar-refractivity contribution in [2.45, 2.75) is 38.0 Å². The third-order valence-electron chi connectivity index (χ3n) is 3.76. The number of carbonyl (C=O) groups is 1. The Morgan fingerprint density at radius 3 is 2.86 bits per heavy atom. The number of pyridine rings is 1. The molecule has 1 heterocycles. The van der Waals surface area contributed by atoms with Crippen molar-refractivity contribution in [1.82, 2.24) is 9.71 Å². The van der Waals surface area contributed by atoms with Gasteiger partial charge in [-0.15, -0.1) is 0 Å². The van der Waals surface area contributed by atoms with Crippen LogP contribution in [0.3, 0.4) is 0 Å². The van der Waals surface area contributed by atoms with Crippen molar-refractivity contribution >= 4 is 16.0 Å². The van der Waals surface area contributed by atoms with E-state index in [9.17, 15) is 13.2 Å². The Labute approximate surface area is 125 Å². The summed E-state index contributed by atoms with van der Waals surface area (Å²) in [4.78, 5) is 15.9. The lowest BCUT2D eigenvalue weighted by molar-refractivity contribution is -0.145. The number of methoxy groups -OCH3 is 1. The molecule has 0 spiro atoms. The Hall–Kier alpha value is -1.47.